The molecule has 0 aromatic heterocycles. The highest BCUT2D eigenvalue weighted by molar-refractivity contribution is 6.28. The maximum atomic E-state index is 11.4. The molecule has 2 N–H and O–H groups in total. The van der Waals surface area contributed by atoms with Gasteiger partial charge in [-0.05, 0) is 31.2 Å². The zero-order valence-electron chi connectivity index (χ0n) is 9.84. The molecule has 1 aliphatic rings. The van der Waals surface area contributed by atoms with Gasteiger partial charge in [-0.15, -0.1) is 0 Å². The van der Waals surface area contributed by atoms with Crippen LogP contribution in [0.3, 0.4) is 0 Å². The third-order valence-corrected chi connectivity index (χ3v) is 2.79. The molecule has 0 spiro atoms. The quantitative estimate of drug-likeness (QED) is 0.438. The number of benzene rings is 1. The van der Waals surface area contributed by atoms with Gasteiger partial charge in [0.05, 0.1) is 6.67 Å². The molecule has 1 fully saturated rings. The van der Waals surface area contributed by atoms with Gasteiger partial charge < -0.3 is 4.90 Å². The molecule has 2 rings (SSSR count). The van der Waals surface area contributed by atoms with Gasteiger partial charge in [0, 0.05) is 11.3 Å². The van der Waals surface area contributed by atoms with Crippen LogP contribution in [0.5, 0.6) is 0 Å². The topological polar surface area (TPSA) is 78.5 Å². The lowest BCUT2D eigenvalue weighted by Gasteiger charge is -2.22. The van der Waals surface area contributed by atoms with E-state index in [2.05, 4.69) is 10.9 Å². The van der Waals surface area contributed by atoms with Gasteiger partial charge in [-0.2, -0.15) is 0 Å². The van der Waals surface area contributed by atoms with Crippen LogP contribution in [-0.4, -0.2) is 30.7 Å². The number of nitrogens with zero attached hydrogens (tertiary/aromatic N) is 1. The van der Waals surface area contributed by atoms with Crippen LogP contribution < -0.4 is 15.8 Å². The molecule has 0 amide bonds. The Morgan fingerprint density at radius 3 is 2.56 bits per heavy atom. The highest BCUT2D eigenvalue weighted by atomic mass is 16.2. The summed E-state index contributed by atoms with van der Waals surface area (Å²) >= 11 is 0. The number of hydrogen-bond acceptors (Lipinski definition) is 6. The predicted molar refractivity (Wildman–Crippen MR) is 64.9 cm³/mol. The minimum absolute atomic E-state index is 0.0141. The van der Waals surface area contributed by atoms with Crippen LogP contribution in [-0.2, 0) is 9.59 Å². The van der Waals surface area contributed by atoms with Crippen molar-refractivity contribution in [2.24, 2.45) is 0 Å². The normalized spacial score (nSPS) is 18.7. The highest BCUT2D eigenvalue weighted by Gasteiger charge is 2.29. The van der Waals surface area contributed by atoms with Crippen molar-refractivity contribution in [3.8, 4) is 0 Å². The molecule has 0 radical (unpaired) electrons. The maximum Gasteiger partial charge on any atom is 0.233 e. The summed E-state index contributed by atoms with van der Waals surface area (Å²) in [5, 5.41) is 0. The fourth-order valence-electron chi connectivity index (χ4n) is 1.81. The number of aldehydes is 1. The molecular weight excluding hydrogens is 234 g/mol. The van der Waals surface area contributed by atoms with Crippen molar-refractivity contribution in [3.63, 3.8) is 0 Å². The number of rotatable bonds is 4. The van der Waals surface area contributed by atoms with Crippen molar-refractivity contribution in [1.82, 2.24) is 10.9 Å². The maximum absolute atomic E-state index is 11.4. The summed E-state index contributed by atoms with van der Waals surface area (Å²) in [5.74, 6) is -0.560. The van der Waals surface area contributed by atoms with Crippen LogP contribution in [0.25, 0.3) is 0 Å². The predicted octanol–water partition coefficient (Wildman–Crippen LogP) is -0.145. The standard InChI is InChI=1S/C12H13N3O3/c1-8(17)9-2-4-10(5-3-9)15-7-13-14-12(15)11(18)6-16/h2-6,12-14H,7H2,1H3. The molecule has 1 aliphatic heterocycles. The first-order valence-electron chi connectivity index (χ1n) is 5.48. The fourth-order valence-corrected chi connectivity index (χ4v) is 1.81. The van der Waals surface area contributed by atoms with E-state index in [9.17, 15) is 14.4 Å². The minimum atomic E-state index is -0.703. The number of carbonyl (C=O) groups excluding carboxylic acids is 3. The molecule has 1 saturated heterocycles. The van der Waals surface area contributed by atoms with Crippen LogP contribution in [0, 0.1) is 0 Å². The number of hydrogen-bond donors (Lipinski definition) is 2. The first-order chi connectivity index (χ1) is 8.63. The molecular formula is C12H13N3O3. The van der Waals surface area contributed by atoms with E-state index in [0.717, 1.165) is 5.69 Å². The average molecular weight is 247 g/mol. The zero-order valence-corrected chi connectivity index (χ0v) is 9.84. The molecule has 0 saturated carbocycles. The summed E-state index contributed by atoms with van der Waals surface area (Å²) in [5.41, 5.74) is 6.89. The van der Waals surface area contributed by atoms with Gasteiger partial charge in [0.15, 0.2) is 18.2 Å². The first-order valence-corrected chi connectivity index (χ1v) is 5.48. The van der Waals surface area contributed by atoms with Crippen LogP contribution in [0.4, 0.5) is 5.69 Å². The van der Waals surface area contributed by atoms with Crippen molar-refractivity contribution < 1.29 is 14.4 Å². The second kappa shape index (κ2) is 5.07. The summed E-state index contributed by atoms with van der Waals surface area (Å²) in [6.45, 7) is 1.90. The Morgan fingerprint density at radius 2 is 2.00 bits per heavy atom. The second-order valence-corrected chi connectivity index (χ2v) is 3.97. The zero-order chi connectivity index (χ0) is 13.1. The Morgan fingerprint density at radius 1 is 1.33 bits per heavy atom. The number of anilines is 1. The van der Waals surface area contributed by atoms with Crippen molar-refractivity contribution in [2.45, 2.75) is 13.1 Å². The lowest BCUT2D eigenvalue weighted by molar-refractivity contribution is -0.131. The van der Waals surface area contributed by atoms with E-state index in [1.54, 1.807) is 29.2 Å². The average Bonchev–Trinajstić information content (AvgIpc) is 2.87. The molecule has 1 heterocycles. The van der Waals surface area contributed by atoms with Gasteiger partial charge >= 0.3 is 0 Å². The highest BCUT2D eigenvalue weighted by Crippen LogP contribution is 2.18. The van der Waals surface area contributed by atoms with Gasteiger partial charge in [0.25, 0.3) is 0 Å². The van der Waals surface area contributed by atoms with Crippen LogP contribution in [0.1, 0.15) is 17.3 Å². The Labute approximate surface area is 104 Å². The summed E-state index contributed by atoms with van der Waals surface area (Å²) < 4.78 is 0. The summed E-state index contributed by atoms with van der Waals surface area (Å²) in [6, 6.07) is 6.88. The fraction of sp³-hybridized carbons (Fsp3) is 0.250. The van der Waals surface area contributed by atoms with Crippen LogP contribution >= 0.6 is 0 Å². The number of Topliss-reactive ketones (excluding diaryl/α,β-unsaturated/α-hetero) is 2. The Kier molecular flexibility index (Phi) is 3.50. The number of ketones is 2. The van der Waals surface area contributed by atoms with Crippen molar-refractivity contribution in [2.75, 3.05) is 11.6 Å². The van der Waals surface area contributed by atoms with Gasteiger partial charge in [-0.3, -0.25) is 14.4 Å². The molecule has 6 heteroatoms. The number of hydrazine groups is 1. The largest absolute Gasteiger partial charge is 0.334 e. The van der Waals surface area contributed by atoms with Crippen molar-refractivity contribution in [3.05, 3.63) is 29.8 Å². The van der Waals surface area contributed by atoms with Gasteiger partial charge in [0.1, 0.15) is 0 Å². The molecule has 1 aromatic carbocycles. The third-order valence-electron chi connectivity index (χ3n) is 2.79. The first kappa shape index (κ1) is 12.4. The number of carbonyl (C=O) groups is 3. The molecule has 18 heavy (non-hydrogen) atoms. The van der Waals surface area contributed by atoms with Crippen LogP contribution in [0.15, 0.2) is 24.3 Å². The molecule has 6 nitrogen and oxygen atoms in total. The van der Waals surface area contributed by atoms with Gasteiger partial charge in [-0.1, -0.05) is 0 Å². The monoisotopic (exact) mass is 247 g/mol. The van der Waals surface area contributed by atoms with E-state index < -0.39 is 11.9 Å². The van der Waals surface area contributed by atoms with Gasteiger partial charge in [0.2, 0.25) is 5.78 Å². The van der Waals surface area contributed by atoms with E-state index in [4.69, 9.17) is 0 Å². The minimum Gasteiger partial charge on any atom is -0.334 e. The van der Waals surface area contributed by atoms with Crippen molar-refractivity contribution >= 4 is 23.5 Å². The smallest absolute Gasteiger partial charge is 0.233 e. The Balaban J connectivity index is 2.22. The van der Waals surface area contributed by atoms with E-state index >= 15 is 0 Å². The van der Waals surface area contributed by atoms with E-state index in [1.165, 1.54) is 6.92 Å². The lowest BCUT2D eigenvalue weighted by atomic mass is 10.1. The molecule has 0 bridgehead atoms. The van der Waals surface area contributed by atoms with E-state index in [-0.39, 0.29) is 5.78 Å². The van der Waals surface area contributed by atoms with Crippen LogP contribution in [0.2, 0.25) is 0 Å². The third kappa shape index (κ3) is 2.29. The summed E-state index contributed by atoms with van der Waals surface area (Å²) in [6.07, 6.45) is -0.410. The summed E-state index contributed by atoms with van der Waals surface area (Å²) in [7, 11) is 0. The van der Waals surface area contributed by atoms with Gasteiger partial charge in [-0.25, -0.2) is 10.9 Å². The Hall–Kier alpha value is -2.05. The van der Waals surface area contributed by atoms with E-state index in [1.807, 2.05) is 0 Å². The molecule has 1 aromatic rings. The second-order valence-electron chi connectivity index (χ2n) is 3.97. The Bertz CT molecular complexity index is 484. The van der Waals surface area contributed by atoms with Crippen molar-refractivity contribution in [1.29, 1.82) is 0 Å². The number of nitrogens with one attached hydrogen (secondary N) is 2. The lowest BCUT2D eigenvalue weighted by Crippen LogP contribution is -2.44. The summed E-state index contributed by atoms with van der Waals surface area (Å²) in [4.78, 5) is 34.8. The molecule has 94 valence electrons. The molecule has 1 atom stereocenters. The molecule has 1 unspecified atom stereocenters. The SMILES string of the molecule is CC(=O)c1ccc(N2CNNC2C(=O)C=O)cc1. The van der Waals surface area contributed by atoms with E-state index in [0.29, 0.717) is 18.5 Å². The molecule has 0 aliphatic carbocycles.